The zero-order valence-electron chi connectivity index (χ0n) is 8.30. The number of hydrazine groups is 1. The van der Waals surface area contributed by atoms with E-state index in [2.05, 4.69) is 4.98 Å². The minimum atomic E-state index is -0.508. The van der Waals surface area contributed by atoms with Crippen molar-refractivity contribution < 1.29 is 0 Å². The van der Waals surface area contributed by atoms with Crippen LogP contribution in [-0.2, 0) is 6.67 Å². The summed E-state index contributed by atoms with van der Waals surface area (Å²) < 4.78 is 1.27. The summed E-state index contributed by atoms with van der Waals surface area (Å²) in [7, 11) is 0. The van der Waals surface area contributed by atoms with Gasteiger partial charge in [-0.2, -0.15) is 0 Å². The van der Waals surface area contributed by atoms with Crippen LogP contribution in [0.15, 0.2) is 28.2 Å². The number of H-pyrrole nitrogens is 1. The number of hydrogen-bond donors (Lipinski definition) is 3. The van der Waals surface area contributed by atoms with Crippen LogP contribution in [0.5, 0.6) is 0 Å². The fourth-order valence-electron chi connectivity index (χ4n) is 1.06. The predicted octanol–water partition coefficient (Wildman–Crippen LogP) is -1.59. The van der Waals surface area contributed by atoms with Crippen molar-refractivity contribution in [3.05, 3.63) is 45.0 Å². The fraction of sp³-hybridized carbons (Fsp3) is 0.250. The molecule has 0 fully saturated rings. The average molecular weight is 211 g/mol. The monoisotopic (exact) mass is 211 g/mol. The zero-order chi connectivity index (χ0) is 11.4. The molecule has 0 radical (unpaired) electrons. The molecule has 1 aromatic heterocycles. The molecule has 0 aromatic carbocycles. The minimum absolute atomic E-state index is 0.115. The molecule has 0 aliphatic heterocycles. The van der Waals surface area contributed by atoms with Crippen molar-refractivity contribution in [2.75, 3.05) is 0 Å². The van der Waals surface area contributed by atoms with E-state index >= 15 is 0 Å². The first-order valence-corrected chi connectivity index (χ1v) is 4.24. The normalized spacial score (nSPS) is 10.8. The van der Waals surface area contributed by atoms with Crippen molar-refractivity contribution in [3.8, 4) is 0 Å². The maximum absolute atomic E-state index is 11.3. The van der Waals surface area contributed by atoms with E-state index in [1.807, 2.05) is 0 Å². The number of rotatable bonds is 3. The molecule has 0 amide bonds. The van der Waals surface area contributed by atoms with Crippen LogP contribution in [0.2, 0.25) is 0 Å². The van der Waals surface area contributed by atoms with Gasteiger partial charge in [0.1, 0.15) is 6.67 Å². The summed E-state index contributed by atoms with van der Waals surface area (Å²) in [6, 6.07) is 0. The van der Waals surface area contributed by atoms with Gasteiger partial charge in [0.05, 0.1) is 0 Å². The molecule has 1 rings (SSSR count). The van der Waals surface area contributed by atoms with Gasteiger partial charge in [0.25, 0.3) is 5.56 Å². The highest BCUT2D eigenvalue weighted by molar-refractivity contribution is 5.00. The van der Waals surface area contributed by atoms with Gasteiger partial charge in [0, 0.05) is 24.2 Å². The van der Waals surface area contributed by atoms with Crippen molar-refractivity contribution >= 4 is 0 Å². The molecule has 0 unspecified atom stereocenters. The molecule has 0 aliphatic rings. The van der Waals surface area contributed by atoms with E-state index in [0.29, 0.717) is 5.56 Å². The largest absolute Gasteiger partial charge is 0.403 e. The summed E-state index contributed by atoms with van der Waals surface area (Å²) in [6.07, 6.45) is 4.10. The van der Waals surface area contributed by atoms with Crippen molar-refractivity contribution in [1.29, 1.82) is 0 Å². The molecule has 82 valence electrons. The minimum Gasteiger partial charge on any atom is -0.403 e. The standard InChI is InChI=1S/C8H13N5O2/c1-6-4-12(5-13(10)3-2-9)8(15)11-7(6)14/h2-4H,5,9-10H2,1H3,(H,11,14,15)/b3-2-. The van der Waals surface area contributed by atoms with E-state index in [9.17, 15) is 9.59 Å². The van der Waals surface area contributed by atoms with E-state index in [1.165, 1.54) is 28.2 Å². The van der Waals surface area contributed by atoms with Crippen LogP contribution in [0.25, 0.3) is 0 Å². The molecule has 7 heteroatoms. The Labute approximate surface area is 85.6 Å². The van der Waals surface area contributed by atoms with Gasteiger partial charge in [-0.3, -0.25) is 19.4 Å². The van der Waals surface area contributed by atoms with Crippen LogP contribution in [0.1, 0.15) is 5.56 Å². The summed E-state index contributed by atoms with van der Waals surface area (Å²) >= 11 is 0. The fourth-order valence-corrected chi connectivity index (χ4v) is 1.06. The van der Waals surface area contributed by atoms with Crippen LogP contribution >= 0.6 is 0 Å². The highest BCUT2D eigenvalue weighted by atomic mass is 16.2. The molecular formula is C8H13N5O2. The lowest BCUT2D eigenvalue weighted by atomic mass is 10.4. The van der Waals surface area contributed by atoms with E-state index in [0.717, 1.165) is 0 Å². The third-order valence-electron chi connectivity index (χ3n) is 1.78. The maximum atomic E-state index is 11.3. The van der Waals surface area contributed by atoms with Crippen molar-refractivity contribution in [3.63, 3.8) is 0 Å². The Balaban J connectivity index is 3.01. The summed E-state index contributed by atoms with van der Waals surface area (Å²) in [5.74, 6) is 5.49. The number of nitrogens with two attached hydrogens (primary N) is 2. The van der Waals surface area contributed by atoms with Gasteiger partial charge in [-0.15, -0.1) is 0 Å². The second kappa shape index (κ2) is 4.47. The topological polar surface area (TPSA) is 110 Å². The SMILES string of the molecule is Cc1cn(CN(N)/C=C\N)c(=O)[nH]c1=O. The highest BCUT2D eigenvalue weighted by Crippen LogP contribution is 1.87. The predicted molar refractivity (Wildman–Crippen MR) is 55.4 cm³/mol. The van der Waals surface area contributed by atoms with Gasteiger partial charge in [-0.05, 0) is 6.92 Å². The third kappa shape index (κ3) is 2.71. The summed E-state index contributed by atoms with van der Waals surface area (Å²) in [5.41, 5.74) is 4.67. The molecule has 1 heterocycles. The first-order chi connectivity index (χ1) is 7.04. The Bertz CT molecular complexity index is 473. The van der Waals surface area contributed by atoms with Crippen LogP contribution in [-0.4, -0.2) is 14.6 Å². The third-order valence-corrected chi connectivity index (χ3v) is 1.78. The van der Waals surface area contributed by atoms with Crippen LogP contribution in [0.3, 0.4) is 0 Å². The second-order valence-electron chi connectivity index (χ2n) is 3.04. The van der Waals surface area contributed by atoms with Gasteiger partial charge >= 0.3 is 5.69 Å². The summed E-state index contributed by atoms with van der Waals surface area (Å²) in [4.78, 5) is 24.5. The van der Waals surface area contributed by atoms with Gasteiger partial charge in [-0.1, -0.05) is 0 Å². The van der Waals surface area contributed by atoms with E-state index < -0.39 is 11.2 Å². The molecule has 0 saturated heterocycles. The first-order valence-electron chi connectivity index (χ1n) is 4.24. The average Bonchev–Trinajstić information content (AvgIpc) is 2.14. The Morgan fingerprint density at radius 3 is 2.87 bits per heavy atom. The van der Waals surface area contributed by atoms with Crippen molar-refractivity contribution in [2.45, 2.75) is 13.6 Å². The number of hydrogen-bond acceptors (Lipinski definition) is 5. The molecule has 0 saturated carbocycles. The molecule has 0 aliphatic carbocycles. The first kappa shape index (κ1) is 11.1. The summed E-state index contributed by atoms with van der Waals surface area (Å²) in [5, 5.41) is 1.22. The molecule has 0 spiro atoms. The smallest absolute Gasteiger partial charge is 0.329 e. The number of nitrogens with zero attached hydrogens (tertiary/aromatic N) is 2. The number of aromatic amines is 1. The number of nitrogens with one attached hydrogen (secondary N) is 1. The molecule has 0 atom stereocenters. The Morgan fingerprint density at radius 2 is 2.27 bits per heavy atom. The van der Waals surface area contributed by atoms with Gasteiger partial charge < -0.3 is 5.73 Å². The maximum Gasteiger partial charge on any atom is 0.329 e. The van der Waals surface area contributed by atoms with Crippen molar-refractivity contribution in [1.82, 2.24) is 14.6 Å². The highest BCUT2D eigenvalue weighted by Gasteiger charge is 2.01. The molecule has 5 N–H and O–H groups in total. The Morgan fingerprint density at radius 1 is 1.60 bits per heavy atom. The molecule has 15 heavy (non-hydrogen) atoms. The molecule has 7 nitrogen and oxygen atoms in total. The van der Waals surface area contributed by atoms with Crippen LogP contribution in [0, 0.1) is 6.92 Å². The second-order valence-corrected chi connectivity index (χ2v) is 3.04. The van der Waals surface area contributed by atoms with E-state index in [4.69, 9.17) is 11.6 Å². The number of aromatic nitrogens is 2. The zero-order valence-corrected chi connectivity index (χ0v) is 8.30. The number of aryl methyl sites for hydroxylation is 1. The Kier molecular flexibility index (Phi) is 3.29. The lowest BCUT2D eigenvalue weighted by Crippen LogP contribution is -2.37. The van der Waals surface area contributed by atoms with Gasteiger partial charge in [-0.25, -0.2) is 10.6 Å². The quantitative estimate of drug-likeness (QED) is 0.412. The lowest BCUT2D eigenvalue weighted by Gasteiger charge is -2.14. The van der Waals surface area contributed by atoms with Crippen LogP contribution < -0.4 is 22.8 Å². The van der Waals surface area contributed by atoms with Crippen LogP contribution in [0.4, 0.5) is 0 Å². The summed E-state index contributed by atoms with van der Waals surface area (Å²) in [6.45, 7) is 1.72. The molecule has 1 aromatic rings. The van der Waals surface area contributed by atoms with Gasteiger partial charge in [0.2, 0.25) is 0 Å². The molecular weight excluding hydrogens is 198 g/mol. The Hall–Kier alpha value is -2.02. The van der Waals surface area contributed by atoms with E-state index in [-0.39, 0.29) is 6.67 Å². The lowest BCUT2D eigenvalue weighted by molar-refractivity contribution is 0.305. The van der Waals surface area contributed by atoms with E-state index in [1.54, 1.807) is 6.92 Å². The molecule has 0 bridgehead atoms. The van der Waals surface area contributed by atoms with Crippen molar-refractivity contribution in [2.24, 2.45) is 11.6 Å². The van der Waals surface area contributed by atoms with Gasteiger partial charge in [0.15, 0.2) is 0 Å².